The van der Waals surface area contributed by atoms with Gasteiger partial charge in [0.2, 0.25) is 0 Å². The lowest BCUT2D eigenvalue weighted by molar-refractivity contribution is 0.0134. The maximum atomic E-state index is 14.6. The predicted molar refractivity (Wildman–Crippen MR) is 172 cm³/mol. The van der Waals surface area contributed by atoms with Gasteiger partial charge in [-0.05, 0) is 58.0 Å². The zero-order chi connectivity index (χ0) is 32.4. The summed E-state index contributed by atoms with van der Waals surface area (Å²) >= 11 is 13.4. The molecule has 4 rings (SSSR count). The topological polar surface area (TPSA) is 100 Å². The maximum absolute atomic E-state index is 14.6. The first kappa shape index (κ1) is 33.1. The van der Waals surface area contributed by atoms with Crippen LogP contribution in [0.2, 0.25) is 10.2 Å². The molecule has 1 N–H and O–H groups in total. The fourth-order valence-electron chi connectivity index (χ4n) is 4.85. The highest BCUT2D eigenvalue weighted by Gasteiger charge is 2.33. The number of ether oxygens (including phenoxy) is 1. The van der Waals surface area contributed by atoms with Crippen LogP contribution in [0.3, 0.4) is 0 Å². The van der Waals surface area contributed by atoms with Gasteiger partial charge >= 0.3 is 12.1 Å². The Hall–Kier alpha value is -3.76. The van der Waals surface area contributed by atoms with E-state index in [0.29, 0.717) is 31.0 Å². The molecule has 234 valence electrons. The first-order chi connectivity index (χ1) is 20.5. The molecule has 1 saturated heterocycles. The Balaban J connectivity index is 1.74. The largest absolute Gasteiger partial charge is 0.444 e. The number of aliphatic imine (C=N–C) groups is 1. The number of anilines is 1. The number of hydrogen-bond donors (Lipinski definition) is 1. The highest BCUT2D eigenvalue weighted by Crippen LogP contribution is 2.33. The molecule has 9 nitrogen and oxygen atoms in total. The number of benzene rings is 1. The van der Waals surface area contributed by atoms with E-state index in [-0.39, 0.29) is 44.3 Å². The van der Waals surface area contributed by atoms with Crippen LogP contribution in [0.25, 0.3) is 11.3 Å². The van der Waals surface area contributed by atoms with E-state index in [1.54, 1.807) is 41.4 Å². The highest BCUT2D eigenvalue weighted by atomic mass is 35.5. The molecule has 1 atom stereocenters. The highest BCUT2D eigenvalue weighted by molar-refractivity contribution is 6.36. The second-order valence-electron chi connectivity index (χ2n) is 12.6. The predicted octanol–water partition coefficient (Wildman–Crippen LogP) is 7.81. The third-order valence-corrected chi connectivity index (χ3v) is 7.39. The zero-order valence-corrected chi connectivity index (χ0v) is 27.4. The van der Waals surface area contributed by atoms with E-state index in [1.807, 2.05) is 53.4 Å². The number of carbonyl (C=O) groups excluding carboxylic acids is 2. The lowest BCUT2D eigenvalue weighted by Crippen LogP contribution is -2.56. The van der Waals surface area contributed by atoms with Crippen LogP contribution in [0, 0.1) is 5.82 Å². The Morgan fingerprint density at radius 3 is 2.41 bits per heavy atom. The molecule has 2 aromatic heterocycles. The number of amides is 3. The molecule has 1 aromatic carbocycles. The Bertz CT molecular complexity index is 1580. The number of nitrogens with one attached hydrogen (secondary N) is 1. The number of piperazine rings is 1. The average Bonchev–Trinajstić information content (AvgIpc) is 2.92. The summed E-state index contributed by atoms with van der Waals surface area (Å²) in [4.78, 5) is 43.1. The van der Waals surface area contributed by atoms with Crippen molar-refractivity contribution in [1.29, 1.82) is 0 Å². The van der Waals surface area contributed by atoms with Crippen molar-refractivity contribution in [2.24, 2.45) is 4.99 Å². The minimum atomic E-state index is -0.661. The smallest absolute Gasteiger partial charge is 0.410 e. The van der Waals surface area contributed by atoms with E-state index >= 15 is 0 Å². The lowest BCUT2D eigenvalue weighted by Gasteiger charge is -2.41. The van der Waals surface area contributed by atoms with E-state index in [4.69, 9.17) is 27.9 Å². The quantitative estimate of drug-likeness (QED) is 0.178. The van der Waals surface area contributed by atoms with Gasteiger partial charge in [0.25, 0.3) is 0 Å². The normalized spacial score (nSPS) is 16.1. The van der Waals surface area contributed by atoms with Crippen LogP contribution in [-0.4, -0.2) is 69.0 Å². The summed E-state index contributed by atoms with van der Waals surface area (Å²) in [7, 11) is 0. The molecular formula is C32H37Cl2FN6O3. The number of urea groups is 1. The summed E-state index contributed by atoms with van der Waals surface area (Å²) in [6.07, 6.45) is 1.24. The molecule has 1 aliphatic rings. The van der Waals surface area contributed by atoms with Gasteiger partial charge in [-0.1, -0.05) is 56.1 Å². The van der Waals surface area contributed by atoms with Crippen molar-refractivity contribution in [1.82, 2.24) is 19.8 Å². The molecule has 0 saturated carbocycles. The van der Waals surface area contributed by atoms with Crippen LogP contribution in [0.1, 0.15) is 59.7 Å². The fraction of sp³-hybridized carbons (Fsp3) is 0.406. The van der Waals surface area contributed by atoms with Gasteiger partial charge in [0.05, 0.1) is 27.7 Å². The van der Waals surface area contributed by atoms with Crippen LogP contribution in [0.4, 0.5) is 19.7 Å². The molecule has 3 aromatic rings. The average molecular weight is 644 g/mol. The molecule has 1 fully saturated rings. The van der Waals surface area contributed by atoms with E-state index in [0.717, 1.165) is 0 Å². The summed E-state index contributed by atoms with van der Waals surface area (Å²) < 4.78 is 20.2. The molecule has 1 aliphatic heterocycles. The number of aromatic nitrogens is 2. The van der Waals surface area contributed by atoms with Gasteiger partial charge in [-0.3, -0.25) is 4.98 Å². The standard InChI is InChI=1S/C32H37Cl2FN6O3/c1-19-18-40(30(43)44-32(5,6)7)15-16-41(19)28(39-29(42)37-24-13-10-14-36-26(24)31(2,3)4)21-17-22(33)25(38-27(21)34)20-11-8-9-12-23(20)35/h8-14,17,19H,15-16,18H2,1-7H3,(H,37,42)/t19-/m0/s1. The zero-order valence-electron chi connectivity index (χ0n) is 25.9. The Kier molecular flexibility index (Phi) is 9.85. The molecule has 3 heterocycles. The molecular weight excluding hydrogens is 606 g/mol. The van der Waals surface area contributed by atoms with Crippen LogP contribution >= 0.6 is 23.2 Å². The van der Waals surface area contributed by atoms with Crippen molar-refractivity contribution in [2.75, 3.05) is 25.0 Å². The number of hydrogen-bond acceptors (Lipinski definition) is 5. The van der Waals surface area contributed by atoms with E-state index in [2.05, 4.69) is 20.3 Å². The summed E-state index contributed by atoms with van der Waals surface area (Å²) in [6, 6.07) is 10.2. The Labute approximate surface area is 267 Å². The molecule has 0 aliphatic carbocycles. The fourth-order valence-corrected chi connectivity index (χ4v) is 5.33. The molecule has 12 heteroatoms. The third-order valence-electron chi connectivity index (χ3n) is 6.82. The SMILES string of the molecule is C[C@H]1CN(C(=O)OC(C)(C)C)CCN1C(=NC(=O)Nc1cccnc1C(C)(C)C)c1cc(Cl)c(-c2ccccc2F)nc1Cl. The summed E-state index contributed by atoms with van der Waals surface area (Å²) in [5.41, 5.74) is 0.868. The van der Waals surface area contributed by atoms with E-state index in [9.17, 15) is 14.0 Å². The second-order valence-corrected chi connectivity index (χ2v) is 13.4. The molecule has 44 heavy (non-hydrogen) atoms. The summed E-state index contributed by atoms with van der Waals surface area (Å²) in [5, 5.41) is 2.97. The Morgan fingerprint density at radius 1 is 1.07 bits per heavy atom. The minimum absolute atomic E-state index is 0.0160. The first-order valence-electron chi connectivity index (χ1n) is 14.3. The van der Waals surface area contributed by atoms with E-state index in [1.165, 1.54) is 12.1 Å². The van der Waals surface area contributed by atoms with Crippen molar-refractivity contribution in [3.63, 3.8) is 0 Å². The van der Waals surface area contributed by atoms with Gasteiger partial charge in [0, 0.05) is 42.9 Å². The lowest BCUT2D eigenvalue weighted by atomic mass is 9.90. The number of halogens is 3. The number of carbonyl (C=O) groups is 2. The van der Waals surface area contributed by atoms with Gasteiger partial charge in [0.15, 0.2) is 0 Å². The van der Waals surface area contributed by atoms with Gasteiger partial charge in [-0.25, -0.2) is 19.0 Å². The minimum Gasteiger partial charge on any atom is -0.444 e. The van der Waals surface area contributed by atoms with Crippen molar-refractivity contribution >= 4 is 46.8 Å². The number of rotatable bonds is 3. The second kappa shape index (κ2) is 13.1. The van der Waals surface area contributed by atoms with Gasteiger partial charge in [0.1, 0.15) is 22.4 Å². The van der Waals surface area contributed by atoms with E-state index < -0.39 is 23.5 Å². The van der Waals surface area contributed by atoms with Crippen LogP contribution < -0.4 is 5.32 Å². The maximum Gasteiger partial charge on any atom is 0.410 e. The molecule has 0 unspecified atom stereocenters. The van der Waals surface area contributed by atoms with Crippen LogP contribution in [0.5, 0.6) is 0 Å². The van der Waals surface area contributed by atoms with Crippen molar-refractivity contribution in [3.05, 3.63) is 75.9 Å². The molecule has 3 amide bonds. The first-order valence-corrected chi connectivity index (χ1v) is 15.0. The molecule has 0 bridgehead atoms. The monoisotopic (exact) mass is 642 g/mol. The Morgan fingerprint density at radius 2 is 1.77 bits per heavy atom. The molecule has 0 radical (unpaired) electrons. The number of amidine groups is 1. The van der Waals surface area contributed by atoms with Crippen molar-refractivity contribution in [3.8, 4) is 11.3 Å². The van der Waals surface area contributed by atoms with Crippen LogP contribution in [0.15, 0.2) is 53.7 Å². The van der Waals surface area contributed by atoms with Gasteiger partial charge in [-0.15, -0.1) is 0 Å². The molecule has 0 spiro atoms. The van der Waals surface area contributed by atoms with Crippen molar-refractivity contribution in [2.45, 2.75) is 65.5 Å². The third kappa shape index (κ3) is 7.84. The number of nitrogens with zero attached hydrogens (tertiary/aromatic N) is 5. The van der Waals surface area contributed by atoms with Gasteiger partial charge in [-0.2, -0.15) is 4.99 Å². The van der Waals surface area contributed by atoms with Crippen molar-refractivity contribution < 1.29 is 18.7 Å². The summed E-state index contributed by atoms with van der Waals surface area (Å²) in [6.45, 7) is 14.2. The summed E-state index contributed by atoms with van der Waals surface area (Å²) in [5.74, 6) is -0.295. The van der Waals surface area contributed by atoms with Crippen LogP contribution in [-0.2, 0) is 10.2 Å². The number of pyridine rings is 2. The van der Waals surface area contributed by atoms with Gasteiger partial charge < -0.3 is 19.9 Å².